The molecule has 0 saturated carbocycles. The minimum atomic E-state index is -1.54. The summed E-state index contributed by atoms with van der Waals surface area (Å²) in [5, 5.41) is 13.6. The first kappa shape index (κ1) is 20.5. The molecule has 1 aromatic carbocycles. The fourth-order valence-electron chi connectivity index (χ4n) is 2.42. The lowest BCUT2D eigenvalue weighted by atomic mass is 10.2. The predicted octanol–water partition coefficient (Wildman–Crippen LogP) is 3.69. The number of carbonyl (C=O) groups excluding carboxylic acids is 1. The number of amides is 1. The molecule has 2 heterocycles. The van der Waals surface area contributed by atoms with Gasteiger partial charge in [0.25, 0.3) is 5.91 Å². The molecule has 0 spiro atoms. The molecule has 150 valence electrons. The highest BCUT2D eigenvalue weighted by Crippen LogP contribution is 2.30. The van der Waals surface area contributed by atoms with Gasteiger partial charge in [0.1, 0.15) is 5.03 Å². The molecule has 0 aliphatic carbocycles. The monoisotopic (exact) mass is 421 g/mol. The van der Waals surface area contributed by atoms with Crippen LogP contribution in [-0.4, -0.2) is 18.0 Å². The largest absolute Gasteiger partial charge is 0.619 e. The molecular weight excluding hydrogens is 407 g/mol. The molecule has 0 radical (unpaired) electrons. The number of rotatable bonds is 6. The van der Waals surface area contributed by atoms with Gasteiger partial charge in [-0.05, 0) is 17.7 Å². The number of nitrogens with one attached hydrogen (secondary N) is 1. The Labute approximate surface area is 167 Å². The van der Waals surface area contributed by atoms with Crippen molar-refractivity contribution >= 4 is 23.4 Å². The molecule has 0 atom stereocenters. The number of nitrogens with zero attached hydrogens (tertiary/aromatic N) is 2. The van der Waals surface area contributed by atoms with Gasteiger partial charge in [-0.2, -0.15) is 9.12 Å². The maximum absolute atomic E-state index is 14.1. The van der Waals surface area contributed by atoms with Gasteiger partial charge >= 0.3 is 0 Å². The average molecular weight is 421 g/mol. The van der Waals surface area contributed by atoms with E-state index in [1.54, 1.807) is 12.1 Å². The molecule has 6 nitrogen and oxygen atoms in total. The van der Waals surface area contributed by atoms with Gasteiger partial charge < -0.3 is 15.3 Å². The smallest absolute Gasteiger partial charge is 0.258 e. The van der Waals surface area contributed by atoms with Crippen LogP contribution in [0.3, 0.4) is 0 Å². The second kappa shape index (κ2) is 8.82. The standard InChI is InChI=1S/C19H14F3N3O3S/c1-28-17-13(20)9-14(15(21)16(17)22)24-18(26)12-3-2-6-23-19(12)29-10-11-4-7-25(27)8-5-11/h2-9H,10H2,1H3,(H,24,26). The lowest BCUT2D eigenvalue weighted by molar-refractivity contribution is -0.605. The number of anilines is 1. The molecular formula is C19H14F3N3O3S. The van der Waals surface area contributed by atoms with E-state index in [-0.39, 0.29) is 5.56 Å². The minimum Gasteiger partial charge on any atom is -0.619 e. The van der Waals surface area contributed by atoms with Crippen molar-refractivity contribution in [2.24, 2.45) is 0 Å². The summed E-state index contributed by atoms with van der Waals surface area (Å²) in [6, 6.07) is 6.85. The molecule has 0 bridgehead atoms. The lowest BCUT2D eigenvalue weighted by Crippen LogP contribution is -2.23. The Hall–Kier alpha value is -3.27. The molecule has 0 unspecified atom stereocenters. The van der Waals surface area contributed by atoms with Crippen LogP contribution in [0, 0.1) is 22.7 Å². The zero-order valence-corrected chi connectivity index (χ0v) is 15.8. The molecule has 10 heteroatoms. The summed E-state index contributed by atoms with van der Waals surface area (Å²) in [5.41, 5.74) is 0.265. The van der Waals surface area contributed by atoms with Gasteiger partial charge in [-0.3, -0.25) is 4.79 Å². The average Bonchev–Trinajstić information content (AvgIpc) is 2.72. The fraction of sp³-hybridized carbons (Fsp3) is 0.105. The maximum atomic E-state index is 14.1. The Balaban J connectivity index is 1.81. The van der Waals surface area contributed by atoms with E-state index in [0.717, 1.165) is 12.7 Å². The Morgan fingerprint density at radius 2 is 1.97 bits per heavy atom. The number of aromatic nitrogens is 2. The van der Waals surface area contributed by atoms with E-state index in [1.807, 2.05) is 0 Å². The van der Waals surface area contributed by atoms with E-state index in [4.69, 9.17) is 0 Å². The van der Waals surface area contributed by atoms with Crippen LogP contribution in [0.4, 0.5) is 18.9 Å². The number of pyridine rings is 2. The van der Waals surface area contributed by atoms with Gasteiger partial charge in [-0.25, -0.2) is 13.8 Å². The van der Waals surface area contributed by atoms with E-state index in [1.165, 1.54) is 42.5 Å². The Morgan fingerprint density at radius 1 is 1.24 bits per heavy atom. The van der Waals surface area contributed by atoms with Crippen molar-refractivity contribution in [3.63, 3.8) is 0 Å². The minimum absolute atomic E-state index is 0.100. The van der Waals surface area contributed by atoms with Crippen molar-refractivity contribution in [3.8, 4) is 5.75 Å². The quantitative estimate of drug-likeness (QED) is 0.284. The van der Waals surface area contributed by atoms with E-state index in [0.29, 0.717) is 21.6 Å². The molecule has 29 heavy (non-hydrogen) atoms. The Kier molecular flexibility index (Phi) is 6.23. The van der Waals surface area contributed by atoms with Gasteiger partial charge in [0.05, 0.1) is 18.4 Å². The van der Waals surface area contributed by atoms with E-state index in [2.05, 4.69) is 15.0 Å². The second-order valence-corrected chi connectivity index (χ2v) is 6.70. The van der Waals surface area contributed by atoms with Crippen molar-refractivity contribution in [2.75, 3.05) is 12.4 Å². The highest BCUT2D eigenvalue weighted by atomic mass is 32.2. The van der Waals surface area contributed by atoms with Crippen molar-refractivity contribution < 1.29 is 27.4 Å². The first-order valence-corrected chi connectivity index (χ1v) is 9.17. The zero-order chi connectivity index (χ0) is 21.0. The lowest BCUT2D eigenvalue weighted by Gasteiger charge is -2.12. The summed E-state index contributed by atoms with van der Waals surface area (Å²) in [6.45, 7) is 0. The third-order valence-corrected chi connectivity index (χ3v) is 4.91. The van der Waals surface area contributed by atoms with Crippen LogP contribution in [0.1, 0.15) is 15.9 Å². The van der Waals surface area contributed by atoms with E-state index >= 15 is 0 Å². The van der Waals surface area contributed by atoms with Crippen molar-refractivity contribution in [3.05, 3.63) is 82.7 Å². The number of hydrogen-bond donors (Lipinski definition) is 1. The first-order valence-electron chi connectivity index (χ1n) is 8.19. The summed E-state index contributed by atoms with van der Waals surface area (Å²) >= 11 is 1.22. The van der Waals surface area contributed by atoms with Gasteiger partial charge in [0.15, 0.2) is 29.8 Å². The van der Waals surface area contributed by atoms with Crippen LogP contribution in [0.5, 0.6) is 5.75 Å². The van der Waals surface area contributed by atoms with E-state index < -0.39 is 34.8 Å². The normalized spacial score (nSPS) is 10.6. The SMILES string of the molecule is COc1c(F)cc(NC(=O)c2cccnc2SCc2cc[n+]([O-])cc2)c(F)c1F. The molecule has 0 fully saturated rings. The van der Waals surface area contributed by atoms with Crippen LogP contribution >= 0.6 is 11.8 Å². The molecule has 3 aromatic rings. The molecule has 0 aliphatic rings. The topological polar surface area (TPSA) is 78.2 Å². The first-order chi connectivity index (χ1) is 13.9. The molecule has 1 amide bonds. The molecule has 0 aliphatic heterocycles. The summed E-state index contributed by atoms with van der Waals surface area (Å²) < 4.78 is 46.9. The molecule has 2 aromatic heterocycles. The highest BCUT2D eigenvalue weighted by molar-refractivity contribution is 7.98. The Morgan fingerprint density at radius 3 is 2.66 bits per heavy atom. The van der Waals surface area contributed by atoms with Gasteiger partial charge in [-0.15, -0.1) is 11.8 Å². The number of carbonyl (C=O) groups is 1. The van der Waals surface area contributed by atoms with Crippen LogP contribution in [0.25, 0.3) is 0 Å². The number of hydrogen-bond acceptors (Lipinski definition) is 5. The highest BCUT2D eigenvalue weighted by Gasteiger charge is 2.22. The van der Waals surface area contributed by atoms with E-state index in [9.17, 15) is 23.2 Å². The van der Waals surface area contributed by atoms with Gasteiger partial charge in [0.2, 0.25) is 5.82 Å². The molecule has 1 N–H and O–H groups in total. The number of halogens is 3. The van der Waals surface area contributed by atoms with Crippen molar-refractivity contribution in [1.29, 1.82) is 0 Å². The van der Waals surface area contributed by atoms with Gasteiger partial charge in [-0.1, -0.05) is 0 Å². The zero-order valence-electron chi connectivity index (χ0n) is 15.0. The maximum Gasteiger partial charge on any atom is 0.258 e. The Bertz CT molecular complexity index is 1050. The number of benzene rings is 1. The second-order valence-electron chi connectivity index (χ2n) is 5.73. The van der Waals surface area contributed by atoms with Crippen LogP contribution in [0.2, 0.25) is 0 Å². The predicted molar refractivity (Wildman–Crippen MR) is 100 cm³/mol. The number of methoxy groups -OCH3 is 1. The van der Waals surface area contributed by atoms with Crippen LogP contribution in [-0.2, 0) is 5.75 Å². The molecule has 3 rings (SSSR count). The van der Waals surface area contributed by atoms with Crippen LogP contribution in [0.15, 0.2) is 53.9 Å². The van der Waals surface area contributed by atoms with Crippen LogP contribution < -0.4 is 14.8 Å². The van der Waals surface area contributed by atoms with Crippen molar-refractivity contribution in [2.45, 2.75) is 10.8 Å². The number of thioether (sulfide) groups is 1. The van der Waals surface area contributed by atoms with Gasteiger partial charge in [0, 0.05) is 30.1 Å². The summed E-state index contributed by atoms with van der Waals surface area (Å²) in [4.78, 5) is 16.7. The third kappa shape index (κ3) is 4.60. The molecule has 0 saturated heterocycles. The summed E-state index contributed by atoms with van der Waals surface area (Å²) in [7, 11) is 1.00. The number of ether oxygens (including phenoxy) is 1. The summed E-state index contributed by atoms with van der Waals surface area (Å²) in [5.74, 6) is -5.37. The van der Waals surface area contributed by atoms with Crippen molar-refractivity contribution in [1.82, 2.24) is 4.98 Å². The summed E-state index contributed by atoms with van der Waals surface area (Å²) in [6.07, 6.45) is 4.16. The fourth-order valence-corrected chi connectivity index (χ4v) is 3.36. The third-order valence-electron chi connectivity index (χ3n) is 3.83.